The van der Waals surface area contributed by atoms with Gasteiger partial charge in [0, 0.05) is 6.54 Å². The number of halogens is 1. The summed E-state index contributed by atoms with van der Waals surface area (Å²) >= 11 is 0. The average molecular weight is 307 g/mol. The lowest BCUT2D eigenvalue weighted by Gasteiger charge is -2.10. The van der Waals surface area contributed by atoms with Crippen LogP contribution in [-0.4, -0.2) is 34.9 Å². The summed E-state index contributed by atoms with van der Waals surface area (Å²) in [6.45, 7) is 0.0823. The Hall–Kier alpha value is -0.990. The molecule has 2 rings (SSSR count). The van der Waals surface area contributed by atoms with Gasteiger partial charge in [-0.05, 0) is 36.6 Å². The summed E-state index contributed by atoms with van der Waals surface area (Å²) in [7, 11) is -6.73. The smallest absolute Gasteiger partial charge is 0.229 e. The van der Waals surface area contributed by atoms with Gasteiger partial charge in [0.2, 0.25) is 10.0 Å². The second kappa shape index (κ2) is 5.18. The molecule has 0 spiro atoms. The summed E-state index contributed by atoms with van der Waals surface area (Å²) in [5, 5.41) is 0. The molecule has 1 fully saturated rings. The normalized spacial score (nSPS) is 22.5. The SMILES string of the molecule is O=S1(=O)CC[C@@H](CNS(=O)(=O)c2ccc(F)cc2)C1. The zero-order valence-corrected chi connectivity index (χ0v) is 11.7. The molecule has 106 valence electrons. The fourth-order valence-electron chi connectivity index (χ4n) is 1.96. The van der Waals surface area contributed by atoms with Crippen LogP contribution in [0.2, 0.25) is 0 Å². The maximum absolute atomic E-state index is 12.7. The summed E-state index contributed by atoms with van der Waals surface area (Å²) < 4.78 is 61.3. The molecule has 5 nitrogen and oxygen atoms in total. The summed E-state index contributed by atoms with van der Waals surface area (Å²) in [6.07, 6.45) is 0.467. The summed E-state index contributed by atoms with van der Waals surface area (Å²) in [4.78, 5) is -0.0326. The second-order valence-corrected chi connectivity index (χ2v) is 8.57. The molecule has 0 aromatic heterocycles. The Labute approximate surface area is 111 Å². The van der Waals surface area contributed by atoms with Crippen LogP contribution in [0, 0.1) is 11.7 Å². The highest BCUT2D eigenvalue weighted by atomic mass is 32.2. The molecule has 1 aliphatic rings. The van der Waals surface area contributed by atoms with E-state index in [2.05, 4.69) is 4.72 Å². The zero-order chi connectivity index (χ0) is 14.1. The van der Waals surface area contributed by atoms with Gasteiger partial charge in [0.05, 0.1) is 16.4 Å². The van der Waals surface area contributed by atoms with Crippen molar-refractivity contribution in [2.75, 3.05) is 18.1 Å². The largest absolute Gasteiger partial charge is 0.240 e. The van der Waals surface area contributed by atoms with E-state index in [9.17, 15) is 21.2 Å². The van der Waals surface area contributed by atoms with Crippen LogP contribution in [0.1, 0.15) is 6.42 Å². The van der Waals surface area contributed by atoms with Crippen LogP contribution in [0.25, 0.3) is 0 Å². The molecule has 0 radical (unpaired) electrons. The highest BCUT2D eigenvalue weighted by Gasteiger charge is 2.28. The van der Waals surface area contributed by atoms with E-state index < -0.39 is 25.7 Å². The molecular formula is C11H14FNO4S2. The van der Waals surface area contributed by atoms with Crippen LogP contribution < -0.4 is 4.72 Å². The fourth-order valence-corrected chi connectivity index (χ4v) is 4.94. The van der Waals surface area contributed by atoms with E-state index in [-0.39, 0.29) is 28.9 Å². The van der Waals surface area contributed by atoms with Gasteiger partial charge >= 0.3 is 0 Å². The molecule has 0 unspecified atom stereocenters. The van der Waals surface area contributed by atoms with Crippen LogP contribution in [0.4, 0.5) is 4.39 Å². The van der Waals surface area contributed by atoms with Gasteiger partial charge in [-0.25, -0.2) is 25.9 Å². The Bertz CT molecular complexity index is 652. The summed E-state index contributed by atoms with van der Waals surface area (Å²) in [5.41, 5.74) is 0. The molecule has 1 atom stereocenters. The lowest BCUT2D eigenvalue weighted by Crippen LogP contribution is -2.29. The number of rotatable bonds is 4. The molecular weight excluding hydrogens is 293 g/mol. The van der Waals surface area contributed by atoms with Crippen LogP contribution >= 0.6 is 0 Å². The first-order chi connectivity index (χ1) is 8.78. The summed E-state index contributed by atoms with van der Waals surface area (Å²) in [5.74, 6) is -0.587. The highest BCUT2D eigenvalue weighted by Crippen LogP contribution is 2.18. The van der Waals surface area contributed by atoms with Crippen molar-refractivity contribution in [2.45, 2.75) is 11.3 Å². The van der Waals surface area contributed by atoms with E-state index in [1.165, 1.54) is 12.1 Å². The monoisotopic (exact) mass is 307 g/mol. The number of benzene rings is 1. The Morgan fingerprint density at radius 2 is 1.89 bits per heavy atom. The third-order valence-electron chi connectivity index (χ3n) is 3.01. The number of nitrogens with one attached hydrogen (secondary N) is 1. The van der Waals surface area contributed by atoms with Crippen LogP contribution in [0.15, 0.2) is 29.2 Å². The Morgan fingerprint density at radius 1 is 1.26 bits per heavy atom. The van der Waals surface area contributed by atoms with Gasteiger partial charge in [-0.1, -0.05) is 0 Å². The Morgan fingerprint density at radius 3 is 2.42 bits per heavy atom. The first-order valence-corrected chi connectivity index (χ1v) is 9.05. The van der Waals surface area contributed by atoms with Gasteiger partial charge in [0.15, 0.2) is 9.84 Å². The zero-order valence-electron chi connectivity index (χ0n) is 10.0. The molecule has 0 aliphatic carbocycles. The van der Waals surface area contributed by atoms with Crippen molar-refractivity contribution in [1.29, 1.82) is 0 Å². The molecule has 1 saturated heterocycles. The molecule has 8 heteroatoms. The Kier molecular flexibility index (Phi) is 3.93. The molecule has 0 saturated carbocycles. The van der Waals surface area contributed by atoms with E-state index in [0.717, 1.165) is 12.1 Å². The predicted octanol–water partition coefficient (Wildman–Crippen LogP) is 0.539. The summed E-state index contributed by atoms with van der Waals surface area (Å²) in [6, 6.07) is 4.47. The topological polar surface area (TPSA) is 80.3 Å². The van der Waals surface area contributed by atoms with E-state index >= 15 is 0 Å². The lowest BCUT2D eigenvalue weighted by atomic mass is 10.1. The third kappa shape index (κ3) is 3.74. The predicted molar refractivity (Wildman–Crippen MR) is 68.3 cm³/mol. The maximum atomic E-state index is 12.7. The number of sulfone groups is 1. The van der Waals surface area contributed by atoms with Gasteiger partial charge in [-0.15, -0.1) is 0 Å². The molecule has 0 bridgehead atoms. The van der Waals surface area contributed by atoms with Crippen molar-refractivity contribution < 1.29 is 21.2 Å². The number of sulfonamides is 1. The minimum absolute atomic E-state index is 0.0128. The molecule has 19 heavy (non-hydrogen) atoms. The van der Waals surface area contributed by atoms with Crippen molar-refractivity contribution in [1.82, 2.24) is 4.72 Å². The first-order valence-electron chi connectivity index (χ1n) is 5.74. The Balaban J connectivity index is 2.01. The van der Waals surface area contributed by atoms with E-state index in [0.29, 0.717) is 6.42 Å². The van der Waals surface area contributed by atoms with Crippen molar-refractivity contribution >= 4 is 19.9 Å². The van der Waals surface area contributed by atoms with E-state index in [1.807, 2.05) is 0 Å². The molecule has 1 aromatic rings. The fraction of sp³-hybridized carbons (Fsp3) is 0.455. The van der Waals surface area contributed by atoms with E-state index in [4.69, 9.17) is 0 Å². The van der Waals surface area contributed by atoms with Crippen molar-refractivity contribution in [2.24, 2.45) is 5.92 Å². The molecule has 0 amide bonds. The van der Waals surface area contributed by atoms with Gasteiger partial charge in [-0.2, -0.15) is 0 Å². The van der Waals surface area contributed by atoms with E-state index in [1.54, 1.807) is 0 Å². The second-order valence-electron chi connectivity index (χ2n) is 4.57. The molecule has 1 N–H and O–H groups in total. The van der Waals surface area contributed by atoms with Gasteiger partial charge in [0.1, 0.15) is 5.82 Å². The molecule has 1 aromatic carbocycles. The van der Waals surface area contributed by atoms with Crippen molar-refractivity contribution in [3.8, 4) is 0 Å². The van der Waals surface area contributed by atoms with Gasteiger partial charge in [0.25, 0.3) is 0 Å². The number of hydrogen-bond donors (Lipinski definition) is 1. The van der Waals surface area contributed by atoms with Crippen LogP contribution in [0.5, 0.6) is 0 Å². The minimum Gasteiger partial charge on any atom is -0.229 e. The lowest BCUT2D eigenvalue weighted by molar-refractivity contribution is 0.543. The van der Waals surface area contributed by atoms with Crippen LogP contribution in [0.3, 0.4) is 0 Å². The highest BCUT2D eigenvalue weighted by molar-refractivity contribution is 7.91. The van der Waals surface area contributed by atoms with Gasteiger partial charge in [-0.3, -0.25) is 0 Å². The molecule has 1 heterocycles. The van der Waals surface area contributed by atoms with Gasteiger partial charge < -0.3 is 0 Å². The third-order valence-corrected chi connectivity index (χ3v) is 6.29. The average Bonchev–Trinajstić information content (AvgIpc) is 2.67. The standard InChI is InChI=1S/C11H14FNO4S2/c12-10-1-3-11(4-2-10)19(16,17)13-7-9-5-6-18(14,15)8-9/h1-4,9,13H,5-8H2/t9-/m0/s1. The first kappa shape index (κ1) is 14.4. The molecule has 1 aliphatic heterocycles. The quantitative estimate of drug-likeness (QED) is 0.880. The van der Waals surface area contributed by atoms with Crippen molar-refractivity contribution in [3.05, 3.63) is 30.1 Å². The van der Waals surface area contributed by atoms with Crippen molar-refractivity contribution in [3.63, 3.8) is 0 Å². The maximum Gasteiger partial charge on any atom is 0.240 e. The van der Waals surface area contributed by atoms with Crippen LogP contribution in [-0.2, 0) is 19.9 Å². The number of hydrogen-bond acceptors (Lipinski definition) is 4. The minimum atomic E-state index is -3.71.